The van der Waals surface area contributed by atoms with Crippen LogP contribution < -0.4 is 4.74 Å². The first-order valence-corrected chi connectivity index (χ1v) is 13.1. The Hall–Kier alpha value is -2.74. The molecule has 7 nitrogen and oxygen atoms in total. The Morgan fingerprint density at radius 3 is 2.44 bits per heavy atom. The van der Waals surface area contributed by atoms with Gasteiger partial charge in [0, 0.05) is 55.4 Å². The first-order valence-electron chi connectivity index (χ1n) is 12.2. The normalized spacial score (nSPS) is 19.2. The minimum absolute atomic E-state index is 0.0226. The number of ether oxygens (including phenoxy) is 1. The summed E-state index contributed by atoms with van der Waals surface area (Å²) < 4.78 is 5.12. The number of nitrogens with zero attached hydrogens (tertiary/aromatic N) is 3. The predicted molar refractivity (Wildman–Crippen MR) is 132 cm³/mol. The maximum Gasteiger partial charge on any atom is 0.273 e. The van der Waals surface area contributed by atoms with Crippen LogP contribution in [0.25, 0.3) is 0 Å². The van der Waals surface area contributed by atoms with Crippen molar-refractivity contribution in [3.8, 4) is 5.75 Å². The summed E-state index contributed by atoms with van der Waals surface area (Å²) in [6.07, 6.45) is 5.39. The van der Waals surface area contributed by atoms with E-state index in [4.69, 9.17) is 4.74 Å². The van der Waals surface area contributed by atoms with Crippen molar-refractivity contribution in [3.63, 3.8) is 0 Å². The van der Waals surface area contributed by atoms with Crippen LogP contribution in [-0.2, 0) is 4.79 Å². The van der Waals surface area contributed by atoms with Crippen LogP contribution in [0, 0.1) is 0 Å². The van der Waals surface area contributed by atoms with Gasteiger partial charge in [0.15, 0.2) is 5.78 Å². The van der Waals surface area contributed by atoms with Crippen LogP contribution in [0.4, 0.5) is 0 Å². The highest BCUT2D eigenvalue weighted by atomic mass is 32.1. The van der Waals surface area contributed by atoms with Gasteiger partial charge in [-0.2, -0.15) is 0 Å². The molecule has 0 saturated carbocycles. The SMILES string of the molecule is COc1ccc(C(=O)CCC(=O)N2CCC(c3nc(C(=O)N4CCCCC4C)cs3)CC2)cc1. The summed E-state index contributed by atoms with van der Waals surface area (Å²) in [6.45, 7) is 4.24. The zero-order valence-electron chi connectivity index (χ0n) is 20.0. The zero-order valence-corrected chi connectivity index (χ0v) is 20.8. The van der Waals surface area contributed by atoms with Gasteiger partial charge < -0.3 is 14.5 Å². The van der Waals surface area contributed by atoms with E-state index in [1.165, 1.54) is 6.42 Å². The summed E-state index contributed by atoms with van der Waals surface area (Å²) in [4.78, 5) is 46.5. The molecule has 2 aromatic rings. The molecule has 0 radical (unpaired) electrons. The highest BCUT2D eigenvalue weighted by Crippen LogP contribution is 2.31. The fraction of sp³-hybridized carbons (Fsp3) is 0.538. The molecule has 2 aliphatic heterocycles. The maximum atomic E-state index is 12.9. The Morgan fingerprint density at radius 1 is 1.03 bits per heavy atom. The van der Waals surface area contributed by atoms with Crippen molar-refractivity contribution in [2.24, 2.45) is 0 Å². The third kappa shape index (κ3) is 5.66. The average molecular weight is 484 g/mol. The van der Waals surface area contributed by atoms with Gasteiger partial charge in [0.25, 0.3) is 5.91 Å². The predicted octanol–water partition coefficient (Wildman–Crippen LogP) is 4.54. The van der Waals surface area contributed by atoms with Gasteiger partial charge in [-0.25, -0.2) is 4.98 Å². The minimum atomic E-state index is -0.0334. The number of hydrogen-bond donors (Lipinski definition) is 0. The number of benzene rings is 1. The summed E-state index contributed by atoms with van der Waals surface area (Å²) >= 11 is 1.56. The number of methoxy groups -OCH3 is 1. The Labute approximate surface area is 205 Å². The van der Waals surface area contributed by atoms with Gasteiger partial charge in [-0.15, -0.1) is 11.3 Å². The van der Waals surface area contributed by atoms with Crippen molar-refractivity contribution >= 4 is 28.9 Å². The lowest BCUT2D eigenvalue weighted by Gasteiger charge is -2.33. The molecule has 3 heterocycles. The van der Waals surface area contributed by atoms with Gasteiger partial charge in [0.05, 0.1) is 12.1 Å². The fourth-order valence-corrected chi connectivity index (χ4v) is 5.76. The van der Waals surface area contributed by atoms with Crippen LogP contribution in [0.15, 0.2) is 29.6 Å². The van der Waals surface area contributed by atoms with E-state index in [-0.39, 0.29) is 42.4 Å². The molecular weight excluding hydrogens is 450 g/mol. The molecule has 34 heavy (non-hydrogen) atoms. The molecule has 1 atom stereocenters. The van der Waals surface area contributed by atoms with E-state index in [0.29, 0.717) is 30.1 Å². The van der Waals surface area contributed by atoms with E-state index in [0.717, 1.165) is 37.2 Å². The lowest BCUT2D eigenvalue weighted by molar-refractivity contribution is -0.132. The molecule has 1 aromatic carbocycles. The summed E-state index contributed by atoms with van der Waals surface area (Å²) in [6, 6.07) is 7.25. The van der Waals surface area contributed by atoms with Crippen LogP contribution in [0.1, 0.15) is 83.6 Å². The number of amides is 2. The quantitative estimate of drug-likeness (QED) is 0.541. The van der Waals surface area contributed by atoms with Crippen molar-refractivity contribution in [1.82, 2.24) is 14.8 Å². The molecule has 4 rings (SSSR count). The summed E-state index contributed by atoms with van der Waals surface area (Å²) in [7, 11) is 1.59. The number of carbonyl (C=O) groups excluding carboxylic acids is 3. The lowest BCUT2D eigenvalue weighted by atomic mass is 9.97. The highest BCUT2D eigenvalue weighted by Gasteiger charge is 2.29. The number of aromatic nitrogens is 1. The number of Topliss-reactive ketones (excluding diaryl/α,β-unsaturated/α-hetero) is 1. The molecule has 0 N–H and O–H groups in total. The van der Waals surface area contributed by atoms with Gasteiger partial charge in [-0.1, -0.05) is 0 Å². The number of rotatable bonds is 7. The van der Waals surface area contributed by atoms with E-state index in [9.17, 15) is 14.4 Å². The lowest BCUT2D eigenvalue weighted by Crippen LogP contribution is -2.42. The van der Waals surface area contributed by atoms with E-state index < -0.39 is 0 Å². The topological polar surface area (TPSA) is 79.8 Å². The molecule has 2 fully saturated rings. The van der Waals surface area contributed by atoms with Crippen molar-refractivity contribution in [2.45, 2.75) is 63.8 Å². The van der Waals surface area contributed by atoms with Crippen molar-refractivity contribution in [2.75, 3.05) is 26.7 Å². The molecule has 1 aromatic heterocycles. The maximum absolute atomic E-state index is 12.9. The van der Waals surface area contributed by atoms with Crippen LogP contribution in [0.3, 0.4) is 0 Å². The van der Waals surface area contributed by atoms with Crippen molar-refractivity contribution < 1.29 is 19.1 Å². The molecule has 8 heteroatoms. The second kappa shape index (κ2) is 11.1. The second-order valence-corrected chi connectivity index (χ2v) is 10.1. The molecule has 2 saturated heterocycles. The van der Waals surface area contributed by atoms with Gasteiger partial charge in [-0.3, -0.25) is 14.4 Å². The van der Waals surface area contributed by atoms with E-state index in [2.05, 4.69) is 11.9 Å². The van der Waals surface area contributed by atoms with Crippen LogP contribution in [-0.4, -0.2) is 65.2 Å². The smallest absolute Gasteiger partial charge is 0.273 e. The van der Waals surface area contributed by atoms with Gasteiger partial charge in [0.2, 0.25) is 5.91 Å². The number of carbonyl (C=O) groups is 3. The van der Waals surface area contributed by atoms with Gasteiger partial charge >= 0.3 is 0 Å². The Balaban J connectivity index is 1.25. The van der Waals surface area contributed by atoms with Crippen LogP contribution >= 0.6 is 11.3 Å². The van der Waals surface area contributed by atoms with Gasteiger partial charge in [-0.05, 0) is 63.3 Å². The molecule has 2 aliphatic rings. The Kier molecular flexibility index (Phi) is 7.98. The molecule has 2 amide bonds. The average Bonchev–Trinajstić information content (AvgIpc) is 3.37. The first kappa shape index (κ1) is 24.4. The highest BCUT2D eigenvalue weighted by molar-refractivity contribution is 7.09. The van der Waals surface area contributed by atoms with Gasteiger partial charge in [0.1, 0.15) is 11.4 Å². The number of piperidine rings is 2. The van der Waals surface area contributed by atoms with Crippen molar-refractivity contribution in [1.29, 1.82) is 0 Å². The first-order chi connectivity index (χ1) is 16.5. The molecular formula is C26H33N3O4S. The minimum Gasteiger partial charge on any atom is -0.497 e. The molecule has 1 unspecified atom stereocenters. The largest absolute Gasteiger partial charge is 0.497 e. The number of ketones is 1. The number of likely N-dealkylation sites (tertiary alicyclic amines) is 2. The summed E-state index contributed by atoms with van der Waals surface area (Å²) in [5.41, 5.74) is 1.16. The molecule has 0 aliphatic carbocycles. The standard InChI is InChI=1S/C26H33N3O4S/c1-18-5-3-4-14-29(18)26(32)22-17-34-25(27-22)20-12-15-28(16-13-20)24(31)11-10-23(30)19-6-8-21(33-2)9-7-19/h6-9,17-18,20H,3-5,10-16H2,1-2H3. The number of hydrogen-bond acceptors (Lipinski definition) is 6. The van der Waals surface area contributed by atoms with Crippen molar-refractivity contribution in [3.05, 3.63) is 45.9 Å². The third-order valence-electron chi connectivity index (χ3n) is 6.98. The monoisotopic (exact) mass is 483 g/mol. The number of thiazole rings is 1. The van der Waals surface area contributed by atoms with Crippen LogP contribution in [0.2, 0.25) is 0 Å². The molecule has 0 spiro atoms. The second-order valence-electron chi connectivity index (χ2n) is 9.22. The third-order valence-corrected chi connectivity index (χ3v) is 7.99. The molecule has 0 bridgehead atoms. The van der Waals surface area contributed by atoms with E-state index in [1.807, 2.05) is 15.2 Å². The van der Waals surface area contributed by atoms with Crippen LogP contribution in [0.5, 0.6) is 5.75 Å². The summed E-state index contributed by atoms with van der Waals surface area (Å²) in [5, 5.41) is 2.89. The fourth-order valence-electron chi connectivity index (χ4n) is 4.80. The Morgan fingerprint density at radius 2 is 1.76 bits per heavy atom. The summed E-state index contributed by atoms with van der Waals surface area (Å²) in [5.74, 6) is 1.01. The molecule has 182 valence electrons. The Bertz CT molecular complexity index is 1010. The van der Waals surface area contributed by atoms with E-state index in [1.54, 1.807) is 42.7 Å². The zero-order chi connectivity index (χ0) is 24.1. The van der Waals surface area contributed by atoms with E-state index >= 15 is 0 Å².